The fourth-order valence-corrected chi connectivity index (χ4v) is 1.51. The Bertz CT molecular complexity index is 649. The van der Waals surface area contributed by atoms with E-state index in [-0.39, 0.29) is 16.3 Å². The van der Waals surface area contributed by atoms with E-state index in [0.717, 1.165) is 0 Å². The molecule has 17 heavy (non-hydrogen) atoms. The third-order valence-corrected chi connectivity index (χ3v) is 2.33. The lowest BCUT2D eigenvalue weighted by molar-refractivity contribution is -0.385. The average Bonchev–Trinajstić information content (AvgIpc) is 2.27. The molecule has 0 radical (unpaired) electrons. The van der Waals surface area contributed by atoms with Crippen molar-refractivity contribution in [2.45, 2.75) is 0 Å². The summed E-state index contributed by atoms with van der Waals surface area (Å²) in [7, 11) is 0. The number of nitro groups is 1. The zero-order valence-corrected chi connectivity index (χ0v) is 8.36. The molecule has 86 valence electrons. The summed E-state index contributed by atoms with van der Waals surface area (Å²) < 4.78 is 0. The summed E-state index contributed by atoms with van der Waals surface area (Å²) in [5.41, 5.74) is -0.173. The number of non-ortho nitro benzene ring substituents is 1. The van der Waals surface area contributed by atoms with Gasteiger partial charge in [0.15, 0.2) is 5.92 Å². The molecule has 1 aliphatic heterocycles. The Morgan fingerprint density at radius 2 is 2.18 bits per heavy atom. The third-order valence-electron chi connectivity index (χ3n) is 2.33. The van der Waals surface area contributed by atoms with Gasteiger partial charge >= 0.3 is 5.97 Å². The second kappa shape index (κ2) is 3.78. The minimum absolute atomic E-state index is 0.173. The predicted molar refractivity (Wildman–Crippen MR) is 54.5 cm³/mol. The van der Waals surface area contributed by atoms with Crippen molar-refractivity contribution in [3.8, 4) is 0 Å². The van der Waals surface area contributed by atoms with Crippen LogP contribution >= 0.6 is 0 Å². The number of amides is 1. The van der Waals surface area contributed by atoms with Gasteiger partial charge in [0.05, 0.1) is 10.3 Å². The molecule has 1 aromatic rings. The van der Waals surface area contributed by atoms with Crippen molar-refractivity contribution in [1.82, 2.24) is 0 Å². The van der Waals surface area contributed by atoms with Crippen LogP contribution in [-0.4, -0.2) is 21.9 Å². The maximum absolute atomic E-state index is 11.3. The molecule has 0 aliphatic carbocycles. The lowest BCUT2D eigenvalue weighted by atomic mass is 10.0. The first-order chi connectivity index (χ1) is 7.99. The lowest BCUT2D eigenvalue weighted by Gasteiger charge is -2.06. The van der Waals surface area contributed by atoms with Crippen LogP contribution in [0.1, 0.15) is 0 Å². The van der Waals surface area contributed by atoms with Crippen LogP contribution in [0.4, 0.5) is 5.69 Å². The first-order valence-electron chi connectivity index (χ1n) is 4.61. The standard InChI is InChI=1S/C10H6N2O5/c13-9-7(10(14)15)4-5-3-6(12(16)17)1-2-8(5)11-9/h1-4,7H,(H,14,15). The zero-order valence-electron chi connectivity index (χ0n) is 8.36. The number of carbonyl (C=O) groups excluding carboxylic acids is 1. The second-order valence-corrected chi connectivity index (χ2v) is 3.43. The van der Waals surface area contributed by atoms with E-state index in [1.165, 1.54) is 24.3 Å². The molecule has 0 saturated heterocycles. The van der Waals surface area contributed by atoms with Crippen LogP contribution < -0.4 is 10.6 Å². The quantitative estimate of drug-likeness (QED) is 0.410. The summed E-state index contributed by atoms with van der Waals surface area (Å²) in [6.07, 6.45) is 1.17. The molecule has 1 N–H and O–H groups in total. The Balaban J connectivity index is 2.66. The number of carboxylic acids is 1. The fraction of sp³-hybridized carbons (Fsp3) is 0.100. The molecular formula is C10H6N2O5. The summed E-state index contributed by atoms with van der Waals surface area (Å²) in [6, 6.07) is 3.73. The fourth-order valence-electron chi connectivity index (χ4n) is 1.51. The Morgan fingerprint density at radius 1 is 1.47 bits per heavy atom. The number of nitro benzene ring substituents is 1. The molecule has 1 aliphatic rings. The van der Waals surface area contributed by atoms with Gasteiger partial charge in [0.25, 0.3) is 11.6 Å². The van der Waals surface area contributed by atoms with Crippen molar-refractivity contribution in [2.75, 3.05) is 0 Å². The molecule has 1 amide bonds. The first-order valence-corrected chi connectivity index (χ1v) is 4.61. The van der Waals surface area contributed by atoms with Gasteiger partial charge in [0, 0.05) is 17.4 Å². The number of aliphatic carboxylic acids is 1. The molecule has 0 aromatic heterocycles. The number of carboxylic acid groups (broad SMARTS) is 1. The Labute approximate surface area is 93.9 Å². The Hall–Kier alpha value is -2.57. The largest absolute Gasteiger partial charge is 0.480 e. The van der Waals surface area contributed by atoms with E-state index in [1.807, 2.05) is 0 Å². The highest BCUT2D eigenvalue weighted by molar-refractivity contribution is 6.03. The highest BCUT2D eigenvalue weighted by Gasteiger charge is 2.25. The molecule has 0 spiro atoms. The SMILES string of the molecule is O=C(O)C1C=c2cc([N+](=O)[O-])ccc2=NC1=O. The molecule has 7 nitrogen and oxygen atoms in total. The van der Waals surface area contributed by atoms with Crippen LogP contribution in [0.3, 0.4) is 0 Å². The molecule has 1 unspecified atom stereocenters. The van der Waals surface area contributed by atoms with Gasteiger partial charge in [-0.25, -0.2) is 4.99 Å². The summed E-state index contributed by atoms with van der Waals surface area (Å²) in [4.78, 5) is 35.6. The van der Waals surface area contributed by atoms with Crippen molar-refractivity contribution in [3.05, 3.63) is 38.9 Å². The summed E-state index contributed by atoms with van der Waals surface area (Å²) in [6.45, 7) is 0. The number of fused-ring (bicyclic) bond motifs is 1. The highest BCUT2D eigenvalue weighted by Crippen LogP contribution is 2.07. The number of benzene rings is 1. The molecular weight excluding hydrogens is 228 g/mol. The third kappa shape index (κ3) is 1.89. The van der Waals surface area contributed by atoms with E-state index in [0.29, 0.717) is 0 Å². The van der Waals surface area contributed by atoms with Gasteiger partial charge in [-0.3, -0.25) is 19.7 Å². The molecule has 2 rings (SSSR count). The van der Waals surface area contributed by atoms with Crippen LogP contribution in [0, 0.1) is 16.0 Å². The zero-order chi connectivity index (χ0) is 12.6. The number of rotatable bonds is 2. The van der Waals surface area contributed by atoms with E-state index in [4.69, 9.17) is 5.11 Å². The molecule has 7 heteroatoms. The van der Waals surface area contributed by atoms with E-state index in [2.05, 4.69) is 4.99 Å². The van der Waals surface area contributed by atoms with Crippen LogP contribution in [0.15, 0.2) is 23.2 Å². The lowest BCUT2D eigenvalue weighted by Crippen LogP contribution is -2.36. The number of hydrogen-bond acceptors (Lipinski definition) is 4. The Kier molecular flexibility index (Phi) is 2.43. The second-order valence-electron chi connectivity index (χ2n) is 3.43. The van der Waals surface area contributed by atoms with Crippen molar-refractivity contribution >= 4 is 23.6 Å². The normalized spacial score (nSPS) is 17.6. The molecule has 0 saturated carbocycles. The summed E-state index contributed by atoms with van der Waals surface area (Å²) in [5, 5.41) is 19.8. The maximum Gasteiger partial charge on any atom is 0.320 e. The van der Waals surface area contributed by atoms with Crippen LogP contribution in [0.2, 0.25) is 0 Å². The van der Waals surface area contributed by atoms with E-state index < -0.39 is 22.7 Å². The topological polar surface area (TPSA) is 110 Å². The summed E-state index contributed by atoms with van der Waals surface area (Å²) >= 11 is 0. The molecule has 1 atom stereocenters. The average molecular weight is 234 g/mol. The van der Waals surface area contributed by atoms with Gasteiger partial charge in [-0.1, -0.05) is 6.08 Å². The van der Waals surface area contributed by atoms with E-state index >= 15 is 0 Å². The monoisotopic (exact) mass is 234 g/mol. The number of nitrogens with zero attached hydrogens (tertiary/aromatic N) is 2. The van der Waals surface area contributed by atoms with Crippen molar-refractivity contribution < 1.29 is 19.6 Å². The smallest absolute Gasteiger partial charge is 0.320 e. The molecule has 0 fully saturated rings. The van der Waals surface area contributed by atoms with Crippen molar-refractivity contribution in [3.63, 3.8) is 0 Å². The molecule has 0 bridgehead atoms. The van der Waals surface area contributed by atoms with Gasteiger partial charge in [-0.2, -0.15) is 0 Å². The summed E-state index contributed by atoms with van der Waals surface area (Å²) in [5.74, 6) is -3.47. The number of hydrogen-bond donors (Lipinski definition) is 1. The van der Waals surface area contributed by atoms with Gasteiger partial charge < -0.3 is 5.11 Å². The van der Waals surface area contributed by atoms with Crippen LogP contribution in [0.5, 0.6) is 0 Å². The van der Waals surface area contributed by atoms with Crippen LogP contribution in [-0.2, 0) is 9.59 Å². The van der Waals surface area contributed by atoms with Crippen molar-refractivity contribution in [1.29, 1.82) is 0 Å². The van der Waals surface area contributed by atoms with Gasteiger partial charge in [-0.05, 0) is 6.07 Å². The minimum Gasteiger partial charge on any atom is -0.480 e. The van der Waals surface area contributed by atoms with Gasteiger partial charge in [0.2, 0.25) is 0 Å². The van der Waals surface area contributed by atoms with E-state index in [1.54, 1.807) is 0 Å². The first kappa shape index (κ1) is 10.9. The molecule has 1 aromatic carbocycles. The highest BCUT2D eigenvalue weighted by atomic mass is 16.6. The van der Waals surface area contributed by atoms with Gasteiger partial charge in [-0.15, -0.1) is 0 Å². The molecule has 1 heterocycles. The van der Waals surface area contributed by atoms with Gasteiger partial charge in [0.1, 0.15) is 0 Å². The van der Waals surface area contributed by atoms with E-state index in [9.17, 15) is 19.7 Å². The number of carbonyl (C=O) groups is 2. The minimum atomic E-state index is -1.37. The predicted octanol–water partition coefficient (Wildman–Crippen LogP) is -0.764. The van der Waals surface area contributed by atoms with Crippen molar-refractivity contribution in [2.24, 2.45) is 10.9 Å². The van der Waals surface area contributed by atoms with Crippen LogP contribution in [0.25, 0.3) is 6.08 Å². The maximum atomic E-state index is 11.3. The Morgan fingerprint density at radius 3 is 2.76 bits per heavy atom.